The fraction of sp³-hybridized carbons (Fsp3) is 0.409. The minimum Gasteiger partial charge on any atom is -0.496 e. The van der Waals surface area contributed by atoms with Crippen molar-refractivity contribution in [3.05, 3.63) is 58.7 Å². The summed E-state index contributed by atoms with van der Waals surface area (Å²) in [5.74, 6) is 1.82. The van der Waals surface area contributed by atoms with E-state index in [0.717, 1.165) is 41.2 Å². The molecule has 0 bridgehead atoms. The average Bonchev–Trinajstić information content (AvgIpc) is 2.73. The molecular formula is C22H28N2O3. The molecule has 1 atom stereocenters. The number of nitrogens with one attached hydrogen (secondary N) is 1. The highest BCUT2D eigenvalue weighted by Crippen LogP contribution is 2.40. The summed E-state index contributed by atoms with van der Waals surface area (Å²) < 4.78 is 11.2. The molecule has 144 valence electrons. The number of amides is 1. The molecule has 0 radical (unpaired) electrons. The molecule has 1 aliphatic heterocycles. The van der Waals surface area contributed by atoms with Gasteiger partial charge in [-0.15, -0.1) is 0 Å². The fourth-order valence-corrected chi connectivity index (χ4v) is 3.81. The van der Waals surface area contributed by atoms with Crippen molar-refractivity contribution >= 4 is 5.91 Å². The monoisotopic (exact) mass is 368 g/mol. The molecule has 5 heteroatoms. The molecule has 0 saturated carbocycles. The second-order valence-corrected chi connectivity index (χ2v) is 6.60. The minimum atomic E-state index is 0.0106. The first-order valence-corrected chi connectivity index (χ1v) is 9.50. The van der Waals surface area contributed by atoms with Crippen LogP contribution < -0.4 is 14.8 Å². The number of rotatable bonds is 6. The summed E-state index contributed by atoms with van der Waals surface area (Å²) in [6.45, 7) is 6.29. The number of ether oxygens (including phenoxy) is 2. The van der Waals surface area contributed by atoms with Gasteiger partial charge in [0.25, 0.3) is 5.91 Å². The Bertz CT molecular complexity index is 798. The predicted molar refractivity (Wildman–Crippen MR) is 107 cm³/mol. The highest BCUT2D eigenvalue weighted by molar-refractivity contribution is 5.94. The molecule has 3 rings (SSSR count). The maximum atomic E-state index is 12.6. The Balaban J connectivity index is 1.96. The first kappa shape index (κ1) is 19.2. The summed E-state index contributed by atoms with van der Waals surface area (Å²) in [5.41, 5.74) is 4.13. The number of carbonyl (C=O) groups is 1. The van der Waals surface area contributed by atoms with Gasteiger partial charge in [0.15, 0.2) is 0 Å². The van der Waals surface area contributed by atoms with Crippen LogP contribution in [0.25, 0.3) is 0 Å². The van der Waals surface area contributed by atoms with Gasteiger partial charge in [-0.3, -0.25) is 4.79 Å². The Labute approximate surface area is 161 Å². The van der Waals surface area contributed by atoms with Gasteiger partial charge in [-0.05, 0) is 50.1 Å². The Hall–Kier alpha value is -2.53. The quantitative estimate of drug-likeness (QED) is 0.849. The molecule has 1 heterocycles. The Morgan fingerprint density at radius 3 is 2.26 bits per heavy atom. The van der Waals surface area contributed by atoms with Gasteiger partial charge in [-0.2, -0.15) is 0 Å². The molecule has 1 unspecified atom stereocenters. The average molecular weight is 368 g/mol. The van der Waals surface area contributed by atoms with Gasteiger partial charge in [0, 0.05) is 36.3 Å². The van der Waals surface area contributed by atoms with Crippen LogP contribution >= 0.6 is 0 Å². The summed E-state index contributed by atoms with van der Waals surface area (Å²) in [5, 5.41) is 3.58. The van der Waals surface area contributed by atoms with E-state index in [4.69, 9.17) is 9.47 Å². The SMILES string of the molecule is CCN(CC)C(=O)c1ccc(C2NCCc3c(OC)ccc(OC)c32)cc1. The number of carbonyl (C=O) groups excluding carboxylic acids is 1. The van der Waals surface area contributed by atoms with Crippen molar-refractivity contribution in [1.29, 1.82) is 0 Å². The maximum absolute atomic E-state index is 12.6. The first-order chi connectivity index (χ1) is 13.1. The van der Waals surface area contributed by atoms with E-state index in [1.165, 1.54) is 5.56 Å². The number of hydrogen-bond donors (Lipinski definition) is 1. The van der Waals surface area contributed by atoms with Crippen molar-refractivity contribution in [3.63, 3.8) is 0 Å². The van der Waals surface area contributed by atoms with Crippen molar-refractivity contribution in [2.24, 2.45) is 0 Å². The van der Waals surface area contributed by atoms with Gasteiger partial charge < -0.3 is 19.7 Å². The van der Waals surface area contributed by atoms with E-state index in [2.05, 4.69) is 5.32 Å². The van der Waals surface area contributed by atoms with Crippen LogP contribution in [0, 0.1) is 0 Å². The number of benzene rings is 2. The molecule has 2 aromatic rings. The lowest BCUT2D eigenvalue weighted by Gasteiger charge is -2.30. The smallest absolute Gasteiger partial charge is 0.253 e. The van der Waals surface area contributed by atoms with Crippen LogP contribution in [0.3, 0.4) is 0 Å². The zero-order valence-corrected chi connectivity index (χ0v) is 16.5. The topological polar surface area (TPSA) is 50.8 Å². The summed E-state index contributed by atoms with van der Waals surface area (Å²) in [6.07, 6.45) is 0.894. The van der Waals surface area contributed by atoms with Gasteiger partial charge in [0.05, 0.1) is 20.3 Å². The van der Waals surface area contributed by atoms with Crippen molar-refractivity contribution in [2.45, 2.75) is 26.3 Å². The number of methoxy groups -OCH3 is 2. The lowest BCUT2D eigenvalue weighted by Crippen LogP contribution is -2.32. The highest BCUT2D eigenvalue weighted by Gasteiger charge is 2.27. The van der Waals surface area contributed by atoms with E-state index in [-0.39, 0.29) is 11.9 Å². The second kappa shape index (κ2) is 8.44. The molecular weight excluding hydrogens is 340 g/mol. The lowest BCUT2D eigenvalue weighted by molar-refractivity contribution is 0.0773. The van der Waals surface area contributed by atoms with Crippen molar-refractivity contribution in [3.8, 4) is 11.5 Å². The van der Waals surface area contributed by atoms with Crippen molar-refractivity contribution in [1.82, 2.24) is 10.2 Å². The summed E-state index contributed by atoms with van der Waals surface area (Å²) in [4.78, 5) is 14.4. The molecule has 0 spiro atoms. The van der Waals surface area contributed by atoms with E-state index in [1.807, 2.05) is 55.1 Å². The summed E-state index contributed by atoms with van der Waals surface area (Å²) in [7, 11) is 3.40. The van der Waals surface area contributed by atoms with E-state index in [9.17, 15) is 4.79 Å². The van der Waals surface area contributed by atoms with Crippen LogP contribution in [-0.4, -0.2) is 44.7 Å². The molecule has 1 amide bonds. The Kier molecular flexibility index (Phi) is 6.01. The van der Waals surface area contributed by atoms with Gasteiger partial charge in [-0.1, -0.05) is 12.1 Å². The van der Waals surface area contributed by atoms with Gasteiger partial charge in [0.1, 0.15) is 11.5 Å². The molecule has 5 nitrogen and oxygen atoms in total. The molecule has 1 aliphatic rings. The third kappa shape index (κ3) is 3.65. The first-order valence-electron chi connectivity index (χ1n) is 9.50. The second-order valence-electron chi connectivity index (χ2n) is 6.60. The summed E-state index contributed by atoms with van der Waals surface area (Å²) >= 11 is 0. The van der Waals surface area contributed by atoms with Gasteiger partial charge in [-0.25, -0.2) is 0 Å². The normalized spacial score (nSPS) is 15.8. The van der Waals surface area contributed by atoms with Crippen molar-refractivity contribution in [2.75, 3.05) is 33.9 Å². The predicted octanol–water partition coefficient (Wildman–Crippen LogP) is 3.42. The fourth-order valence-electron chi connectivity index (χ4n) is 3.81. The number of nitrogens with zero attached hydrogens (tertiary/aromatic N) is 1. The Morgan fingerprint density at radius 1 is 1.04 bits per heavy atom. The minimum absolute atomic E-state index is 0.0106. The maximum Gasteiger partial charge on any atom is 0.253 e. The van der Waals surface area contributed by atoms with Crippen LogP contribution in [-0.2, 0) is 6.42 Å². The molecule has 27 heavy (non-hydrogen) atoms. The molecule has 0 saturated heterocycles. The summed E-state index contributed by atoms with van der Waals surface area (Å²) in [6, 6.07) is 11.8. The van der Waals surface area contributed by atoms with Crippen LogP contribution in [0.1, 0.15) is 46.9 Å². The van der Waals surface area contributed by atoms with Gasteiger partial charge >= 0.3 is 0 Å². The third-order valence-electron chi connectivity index (χ3n) is 5.27. The third-order valence-corrected chi connectivity index (χ3v) is 5.27. The molecule has 0 aliphatic carbocycles. The van der Waals surface area contributed by atoms with Crippen LogP contribution in [0.15, 0.2) is 36.4 Å². The standard InChI is InChI=1S/C22H28N2O3/c1-5-24(6-2)22(25)16-9-7-15(8-10-16)21-20-17(13-14-23-21)18(26-3)11-12-19(20)27-4/h7-12,21,23H,5-6,13-14H2,1-4H3. The number of fused-ring (bicyclic) bond motifs is 1. The number of hydrogen-bond acceptors (Lipinski definition) is 4. The van der Waals surface area contributed by atoms with Crippen molar-refractivity contribution < 1.29 is 14.3 Å². The van der Waals surface area contributed by atoms with E-state index >= 15 is 0 Å². The largest absolute Gasteiger partial charge is 0.496 e. The highest BCUT2D eigenvalue weighted by atomic mass is 16.5. The van der Waals surface area contributed by atoms with Crippen LogP contribution in [0.4, 0.5) is 0 Å². The zero-order valence-electron chi connectivity index (χ0n) is 16.5. The van der Waals surface area contributed by atoms with Crippen LogP contribution in [0.2, 0.25) is 0 Å². The zero-order chi connectivity index (χ0) is 19.4. The Morgan fingerprint density at radius 2 is 1.67 bits per heavy atom. The van der Waals surface area contributed by atoms with E-state index in [1.54, 1.807) is 14.2 Å². The molecule has 1 N–H and O–H groups in total. The molecule has 2 aromatic carbocycles. The van der Waals surface area contributed by atoms with Crippen LogP contribution in [0.5, 0.6) is 11.5 Å². The molecule has 0 aromatic heterocycles. The van der Waals surface area contributed by atoms with E-state index < -0.39 is 0 Å². The van der Waals surface area contributed by atoms with E-state index in [0.29, 0.717) is 13.1 Å². The molecule has 0 fully saturated rings. The van der Waals surface area contributed by atoms with Gasteiger partial charge in [0.2, 0.25) is 0 Å². The lowest BCUT2D eigenvalue weighted by atomic mass is 9.88.